The highest BCUT2D eigenvalue weighted by molar-refractivity contribution is 7.99. The lowest BCUT2D eigenvalue weighted by atomic mass is 10.1. The van der Waals surface area contributed by atoms with Crippen LogP contribution in [0, 0.1) is 11.3 Å². The summed E-state index contributed by atoms with van der Waals surface area (Å²) in [5.74, 6) is 1.16. The minimum Gasteiger partial charge on any atom is -0.469 e. The van der Waals surface area contributed by atoms with E-state index in [1.807, 2.05) is 6.92 Å². The summed E-state index contributed by atoms with van der Waals surface area (Å²) in [6.07, 6.45) is 2.67. The molecule has 1 atom stereocenters. The minimum atomic E-state index is -0.259. The van der Waals surface area contributed by atoms with Gasteiger partial charge in [-0.05, 0) is 24.0 Å². The average molecular weight is 245 g/mol. The summed E-state index contributed by atoms with van der Waals surface area (Å²) in [4.78, 5) is 22.0. The van der Waals surface area contributed by atoms with Crippen LogP contribution >= 0.6 is 11.8 Å². The second-order valence-electron chi connectivity index (χ2n) is 4.57. The van der Waals surface area contributed by atoms with Gasteiger partial charge in [0.05, 0.1) is 13.5 Å². The van der Waals surface area contributed by atoms with Crippen LogP contribution in [-0.2, 0) is 14.3 Å². The van der Waals surface area contributed by atoms with E-state index < -0.39 is 0 Å². The van der Waals surface area contributed by atoms with Crippen molar-refractivity contribution in [3.05, 3.63) is 0 Å². The predicted octanol–water partition coefficient (Wildman–Crippen LogP) is 1.18. The maximum atomic E-state index is 11.2. The molecular weight excluding hydrogens is 226 g/mol. The van der Waals surface area contributed by atoms with E-state index in [2.05, 4.69) is 4.74 Å². The van der Waals surface area contributed by atoms with E-state index in [-0.39, 0.29) is 23.2 Å². The predicted molar refractivity (Wildman–Crippen MR) is 64.0 cm³/mol. The molecule has 0 heterocycles. The summed E-state index contributed by atoms with van der Waals surface area (Å²) in [6, 6.07) is 0. The Morgan fingerprint density at radius 3 is 2.56 bits per heavy atom. The maximum absolute atomic E-state index is 11.2. The third kappa shape index (κ3) is 4.04. The number of primary amides is 1. The van der Waals surface area contributed by atoms with Gasteiger partial charge in [-0.1, -0.05) is 6.92 Å². The van der Waals surface area contributed by atoms with Crippen molar-refractivity contribution < 1.29 is 14.3 Å². The zero-order valence-corrected chi connectivity index (χ0v) is 10.6. The number of rotatable bonds is 7. The second kappa shape index (κ2) is 5.57. The lowest BCUT2D eigenvalue weighted by Crippen LogP contribution is -2.23. The molecule has 1 aliphatic rings. The third-order valence-corrected chi connectivity index (χ3v) is 4.52. The maximum Gasteiger partial charge on any atom is 0.306 e. The highest BCUT2D eigenvalue weighted by atomic mass is 32.2. The molecule has 0 aromatic rings. The molecule has 0 aromatic carbocycles. The van der Waals surface area contributed by atoms with Crippen molar-refractivity contribution in [1.82, 2.24) is 0 Å². The molecule has 1 saturated carbocycles. The summed E-state index contributed by atoms with van der Waals surface area (Å²) < 4.78 is 4.67. The number of carbonyl (C=O) groups is 2. The van der Waals surface area contributed by atoms with Crippen LogP contribution in [0.4, 0.5) is 0 Å². The first-order chi connectivity index (χ1) is 7.49. The van der Waals surface area contributed by atoms with Gasteiger partial charge in [0.1, 0.15) is 0 Å². The lowest BCUT2D eigenvalue weighted by molar-refractivity contribution is -0.141. The molecular formula is C11H19NO3S. The molecule has 0 saturated heterocycles. The van der Waals surface area contributed by atoms with E-state index in [0.717, 1.165) is 24.3 Å². The number of amides is 1. The molecule has 16 heavy (non-hydrogen) atoms. The topological polar surface area (TPSA) is 69.4 Å². The normalized spacial score (nSPS) is 18.9. The van der Waals surface area contributed by atoms with Gasteiger partial charge in [-0.15, -0.1) is 0 Å². The van der Waals surface area contributed by atoms with E-state index in [1.165, 1.54) is 7.11 Å². The zero-order valence-electron chi connectivity index (χ0n) is 9.82. The first-order valence-corrected chi connectivity index (χ1v) is 6.58. The Morgan fingerprint density at radius 1 is 1.50 bits per heavy atom. The van der Waals surface area contributed by atoms with Crippen molar-refractivity contribution in [3.63, 3.8) is 0 Å². The van der Waals surface area contributed by atoms with Crippen molar-refractivity contribution in [3.8, 4) is 0 Å². The molecule has 0 radical (unpaired) electrons. The fourth-order valence-corrected chi connectivity index (χ4v) is 2.92. The number of hydrogen-bond donors (Lipinski definition) is 1. The van der Waals surface area contributed by atoms with Crippen molar-refractivity contribution >= 4 is 23.6 Å². The molecule has 0 aromatic heterocycles. The minimum absolute atomic E-state index is 0.0982. The van der Waals surface area contributed by atoms with Gasteiger partial charge >= 0.3 is 5.97 Å². The van der Waals surface area contributed by atoms with Gasteiger partial charge in [0, 0.05) is 11.7 Å². The number of carbonyl (C=O) groups excluding carboxylic acids is 2. The lowest BCUT2D eigenvalue weighted by Gasteiger charge is -2.14. The Hall–Kier alpha value is -0.710. The summed E-state index contributed by atoms with van der Waals surface area (Å²) in [6.45, 7) is 1.83. The van der Waals surface area contributed by atoms with Crippen molar-refractivity contribution in [2.45, 2.75) is 26.2 Å². The van der Waals surface area contributed by atoms with E-state index >= 15 is 0 Å². The number of methoxy groups -OCH3 is 1. The summed E-state index contributed by atoms with van der Waals surface area (Å²) in [5.41, 5.74) is 5.31. The van der Waals surface area contributed by atoms with Crippen LogP contribution in [0.25, 0.3) is 0 Å². The summed E-state index contributed by atoms with van der Waals surface area (Å²) in [5, 5.41) is 0. The molecule has 1 amide bonds. The van der Waals surface area contributed by atoms with Crippen LogP contribution in [0.3, 0.4) is 0 Å². The van der Waals surface area contributed by atoms with E-state index in [1.54, 1.807) is 11.8 Å². The number of esters is 1. The van der Waals surface area contributed by atoms with Gasteiger partial charge < -0.3 is 10.5 Å². The van der Waals surface area contributed by atoms with Gasteiger partial charge in [-0.25, -0.2) is 0 Å². The number of ether oxygens (including phenoxy) is 1. The van der Waals surface area contributed by atoms with Crippen LogP contribution in [0.1, 0.15) is 26.2 Å². The molecule has 0 bridgehead atoms. The molecule has 1 unspecified atom stereocenters. The van der Waals surface area contributed by atoms with Crippen LogP contribution < -0.4 is 5.73 Å². The van der Waals surface area contributed by atoms with Gasteiger partial charge in [-0.2, -0.15) is 11.8 Å². The number of hydrogen-bond acceptors (Lipinski definition) is 4. The Balaban J connectivity index is 2.22. The van der Waals surface area contributed by atoms with Gasteiger partial charge in [0.25, 0.3) is 0 Å². The highest BCUT2D eigenvalue weighted by Crippen LogP contribution is 2.51. The first kappa shape index (κ1) is 13.4. The van der Waals surface area contributed by atoms with Crippen molar-refractivity contribution in [1.29, 1.82) is 0 Å². The van der Waals surface area contributed by atoms with Crippen LogP contribution in [0.15, 0.2) is 0 Å². The monoisotopic (exact) mass is 245 g/mol. The van der Waals surface area contributed by atoms with Crippen molar-refractivity contribution in [2.24, 2.45) is 17.1 Å². The molecule has 1 rings (SSSR count). The van der Waals surface area contributed by atoms with Crippen LogP contribution in [0.5, 0.6) is 0 Å². The number of thioether (sulfide) groups is 1. The van der Waals surface area contributed by atoms with Crippen LogP contribution in [-0.4, -0.2) is 30.5 Å². The second-order valence-corrected chi connectivity index (χ2v) is 5.60. The average Bonchev–Trinajstić information content (AvgIpc) is 2.97. The summed E-state index contributed by atoms with van der Waals surface area (Å²) in [7, 11) is 1.42. The molecule has 92 valence electrons. The molecule has 0 spiro atoms. The van der Waals surface area contributed by atoms with Crippen LogP contribution in [0.2, 0.25) is 0 Å². The Bertz CT molecular complexity index is 276. The Kier molecular flexibility index (Phi) is 4.65. The molecule has 1 aliphatic carbocycles. The zero-order chi connectivity index (χ0) is 12.2. The fourth-order valence-electron chi connectivity index (χ4n) is 1.46. The molecule has 0 aliphatic heterocycles. The molecule has 1 fully saturated rings. The summed E-state index contributed by atoms with van der Waals surface area (Å²) >= 11 is 1.70. The fraction of sp³-hybridized carbons (Fsp3) is 0.818. The SMILES string of the molecule is COC(=O)CC1(CSCC(C)C(N)=O)CC1. The van der Waals surface area contributed by atoms with Gasteiger partial charge in [0.2, 0.25) is 5.91 Å². The van der Waals surface area contributed by atoms with Gasteiger partial charge in [0.15, 0.2) is 0 Å². The molecule has 2 N–H and O–H groups in total. The highest BCUT2D eigenvalue weighted by Gasteiger charge is 2.44. The number of nitrogens with two attached hydrogens (primary N) is 1. The Labute approximate surface area is 100 Å². The smallest absolute Gasteiger partial charge is 0.306 e. The van der Waals surface area contributed by atoms with Gasteiger partial charge in [-0.3, -0.25) is 9.59 Å². The standard InChI is InChI=1S/C11H19NO3S/c1-8(10(12)14)6-16-7-11(3-4-11)5-9(13)15-2/h8H,3-7H2,1-2H3,(H2,12,14). The third-order valence-electron chi connectivity index (χ3n) is 2.97. The van der Waals surface area contributed by atoms with E-state index in [9.17, 15) is 9.59 Å². The Morgan fingerprint density at radius 2 is 2.12 bits per heavy atom. The molecule has 4 nitrogen and oxygen atoms in total. The largest absolute Gasteiger partial charge is 0.469 e. The first-order valence-electron chi connectivity index (χ1n) is 5.43. The quantitative estimate of drug-likeness (QED) is 0.684. The van der Waals surface area contributed by atoms with E-state index in [4.69, 9.17) is 5.73 Å². The van der Waals surface area contributed by atoms with Crippen molar-refractivity contribution in [2.75, 3.05) is 18.6 Å². The van der Waals surface area contributed by atoms with E-state index in [0.29, 0.717) is 6.42 Å². The molecule has 5 heteroatoms.